The Morgan fingerprint density at radius 1 is 1.35 bits per heavy atom. The van der Waals surface area contributed by atoms with Crippen LogP contribution in [-0.4, -0.2) is 6.54 Å². The molecule has 1 nitrogen and oxygen atoms in total. The molecule has 1 aliphatic carbocycles. The van der Waals surface area contributed by atoms with Crippen molar-refractivity contribution in [2.75, 3.05) is 6.54 Å². The summed E-state index contributed by atoms with van der Waals surface area (Å²) in [6.45, 7) is 4.94. The molecule has 0 saturated heterocycles. The molecule has 0 heterocycles. The van der Waals surface area contributed by atoms with E-state index in [-0.39, 0.29) is 6.04 Å². The Hall–Kier alpha value is -0.960. The first-order chi connectivity index (χ1) is 8.13. The highest BCUT2D eigenvalue weighted by Gasteiger charge is 2.34. The predicted molar refractivity (Wildman–Crippen MR) is 64.7 cm³/mol. The van der Waals surface area contributed by atoms with Crippen LogP contribution in [0, 0.1) is 23.5 Å². The summed E-state index contributed by atoms with van der Waals surface area (Å²) in [4.78, 5) is 0. The maximum atomic E-state index is 13.8. The summed E-state index contributed by atoms with van der Waals surface area (Å²) in [6, 6.07) is 3.87. The molecule has 0 aromatic heterocycles. The van der Waals surface area contributed by atoms with E-state index in [9.17, 15) is 8.78 Å². The molecule has 1 aliphatic rings. The fourth-order valence-corrected chi connectivity index (χ4v) is 2.45. The van der Waals surface area contributed by atoms with Crippen LogP contribution in [0.1, 0.15) is 38.3 Å². The van der Waals surface area contributed by atoms with E-state index in [4.69, 9.17) is 0 Å². The quantitative estimate of drug-likeness (QED) is 0.826. The number of nitrogens with one attached hydrogen (secondary N) is 1. The van der Waals surface area contributed by atoms with Gasteiger partial charge in [-0.25, -0.2) is 8.78 Å². The second-order valence-electron chi connectivity index (χ2n) is 4.90. The van der Waals surface area contributed by atoms with Gasteiger partial charge in [0.05, 0.1) is 0 Å². The molecule has 1 fully saturated rings. The largest absolute Gasteiger partial charge is 0.310 e. The van der Waals surface area contributed by atoms with Gasteiger partial charge in [-0.05, 0) is 37.3 Å². The molecule has 0 spiro atoms. The highest BCUT2D eigenvalue weighted by molar-refractivity contribution is 5.23. The molecule has 2 atom stereocenters. The average Bonchev–Trinajstić information content (AvgIpc) is 3.10. The lowest BCUT2D eigenvalue weighted by Gasteiger charge is -2.25. The van der Waals surface area contributed by atoms with Crippen LogP contribution in [0.15, 0.2) is 18.2 Å². The molecule has 0 amide bonds. The van der Waals surface area contributed by atoms with Crippen LogP contribution < -0.4 is 5.32 Å². The van der Waals surface area contributed by atoms with E-state index in [1.165, 1.54) is 18.9 Å². The van der Waals surface area contributed by atoms with Gasteiger partial charge in [0.2, 0.25) is 0 Å². The molecule has 0 bridgehead atoms. The van der Waals surface area contributed by atoms with Crippen LogP contribution >= 0.6 is 0 Å². The van der Waals surface area contributed by atoms with Crippen molar-refractivity contribution in [3.05, 3.63) is 35.4 Å². The van der Waals surface area contributed by atoms with E-state index < -0.39 is 11.6 Å². The average molecular weight is 239 g/mol. The first kappa shape index (κ1) is 12.5. The van der Waals surface area contributed by atoms with Crippen molar-refractivity contribution in [1.29, 1.82) is 0 Å². The molecule has 3 heteroatoms. The van der Waals surface area contributed by atoms with Crippen molar-refractivity contribution in [2.45, 2.75) is 32.7 Å². The summed E-state index contributed by atoms with van der Waals surface area (Å²) in [5.41, 5.74) is 0.590. The lowest BCUT2D eigenvalue weighted by atomic mass is 9.90. The van der Waals surface area contributed by atoms with Crippen LogP contribution in [0.3, 0.4) is 0 Å². The topological polar surface area (TPSA) is 12.0 Å². The Labute approximate surface area is 101 Å². The fraction of sp³-hybridized carbons (Fsp3) is 0.571. The number of hydrogen-bond acceptors (Lipinski definition) is 1. The van der Waals surface area contributed by atoms with E-state index in [0.29, 0.717) is 17.4 Å². The Kier molecular flexibility index (Phi) is 3.77. The second-order valence-corrected chi connectivity index (χ2v) is 4.90. The standard InChI is InChI=1S/C14H19F2N/c1-3-17-14(9(2)10-4-5-10)12-7-6-11(15)8-13(12)16/h6-10,14,17H,3-5H2,1-2H3. The van der Waals surface area contributed by atoms with Gasteiger partial charge in [-0.1, -0.05) is 19.9 Å². The Morgan fingerprint density at radius 2 is 2.06 bits per heavy atom. The molecule has 1 saturated carbocycles. The van der Waals surface area contributed by atoms with Gasteiger partial charge >= 0.3 is 0 Å². The van der Waals surface area contributed by atoms with Crippen LogP contribution in [0.25, 0.3) is 0 Å². The zero-order valence-corrected chi connectivity index (χ0v) is 10.3. The Bertz CT molecular complexity index is 388. The van der Waals surface area contributed by atoms with Crippen molar-refractivity contribution in [3.63, 3.8) is 0 Å². The minimum Gasteiger partial charge on any atom is -0.310 e. The zero-order chi connectivity index (χ0) is 12.4. The molecule has 0 radical (unpaired) electrons. The maximum absolute atomic E-state index is 13.8. The smallest absolute Gasteiger partial charge is 0.130 e. The Balaban J connectivity index is 2.24. The molecular formula is C14H19F2N. The monoisotopic (exact) mass is 239 g/mol. The molecule has 17 heavy (non-hydrogen) atoms. The minimum atomic E-state index is -0.513. The van der Waals surface area contributed by atoms with Gasteiger partial charge in [-0.2, -0.15) is 0 Å². The van der Waals surface area contributed by atoms with Crippen molar-refractivity contribution in [1.82, 2.24) is 5.32 Å². The van der Waals surface area contributed by atoms with Gasteiger partial charge in [-0.3, -0.25) is 0 Å². The third-order valence-electron chi connectivity index (χ3n) is 3.61. The molecule has 1 aromatic rings. The summed E-state index contributed by atoms with van der Waals surface area (Å²) in [5, 5.41) is 3.32. The summed E-state index contributed by atoms with van der Waals surface area (Å²) in [6.07, 6.45) is 2.46. The number of hydrogen-bond donors (Lipinski definition) is 1. The highest BCUT2D eigenvalue weighted by Crippen LogP contribution is 2.43. The number of benzene rings is 1. The number of halogens is 2. The van der Waals surface area contributed by atoms with Crippen molar-refractivity contribution in [3.8, 4) is 0 Å². The molecule has 0 aliphatic heterocycles. The summed E-state index contributed by atoms with van der Waals surface area (Å²) >= 11 is 0. The van der Waals surface area contributed by atoms with Gasteiger partial charge in [0.25, 0.3) is 0 Å². The van der Waals surface area contributed by atoms with Crippen LogP contribution in [0.4, 0.5) is 8.78 Å². The maximum Gasteiger partial charge on any atom is 0.130 e. The molecule has 2 rings (SSSR count). The first-order valence-corrected chi connectivity index (χ1v) is 6.31. The summed E-state index contributed by atoms with van der Waals surface area (Å²) in [7, 11) is 0. The van der Waals surface area contributed by atoms with Crippen LogP contribution in [-0.2, 0) is 0 Å². The predicted octanol–water partition coefficient (Wildman–Crippen LogP) is 3.66. The lowest BCUT2D eigenvalue weighted by Crippen LogP contribution is -2.28. The van der Waals surface area contributed by atoms with Crippen molar-refractivity contribution in [2.24, 2.45) is 11.8 Å². The minimum absolute atomic E-state index is 0.00639. The molecule has 2 unspecified atom stereocenters. The van der Waals surface area contributed by atoms with Crippen molar-refractivity contribution < 1.29 is 8.78 Å². The number of rotatable bonds is 5. The lowest BCUT2D eigenvalue weighted by molar-refractivity contribution is 0.345. The van der Waals surface area contributed by atoms with E-state index >= 15 is 0 Å². The third-order valence-corrected chi connectivity index (χ3v) is 3.61. The molecule has 1 N–H and O–H groups in total. The SMILES string of the molecule is CCNC(c1ccc(F)cc1F)C(C)C1CC1. The first-order valence-electron chi connectivity index (χ1n) is 6.31. The normalized spacial score (nSPS) is 19.1. The molecule has 1 aromatic carbocycles. The van der Waals surface area contributed by atoms with Crippen LogP contribution in [0.2, 0.25) is 0 Å². The van der Waals surface area contributed by atoms with Gasteiger partial charge in [0.1, 0.15) is 11.6 Å². The third kappa shape index (κ3) is 2.83. The highest BCUT2D eigenvalue weighted by atomic mass is 19.1. The van der Waals surface area contributed by atoms with E-state index in [1.807, 2.05) is 6.92 Å². The van der Waals surface area contributed by atoms with Crippen LogP contribution in [0.5, 0.6) is 0 Å². The molecule has 94 valence electrons. The van der Waals surface area contributed by atoms with Gasteiger partial charge in [-0.15, -0.1) is 0 Å². The summed E-state index contributed by atoms with van der Waals surface area (Å²) in [5.74, 6) is 0.127. The Morgan fingerprint density at radius 3 is 2.59 bits per heavy atom. The fourth-order valence-electron chi connectivity index (χ4n) is 2.45. The molecular weight excluding hydrogens is 220 g/mol. The zero-order valence-electron chi connectivity index (χ0n) is 10.3. The van der Waals surface area contributed by atoms with Crippen molar-refractivity contribution >= 4 is 0 Å². The van der Waals surface area contributed by atoms with Gasteiger partial charge in [0.15, 0.2) is 0 Å². The second kappa shape index (κ2) is 5.13. The summed E-state index contributed by atoms with van der Waals surface area (Å²) < 4.78 is 26.7. The van der Waals surface area contributed by atoms with E-state index in [1.54, 1.807) is 6.07 Å². The van der Waals surface area contributed by atoms with E-state index in [0.717, 1.165) is 12.6 Å². The van der Waals surface area contributed by atoms with E-state index in [2.05, 4.69) is 12.2 Å². The van der Waals surface area contributed by atoms with Gasteiger partial charge in [0, 0.05) is 17.7 Å². The van der Waals surface area contributed by atoms with Gasteiger partial charge < -0.3 is 5.32 Å².